The van der Waals surface area contributed by atoms with Gasteiger partial charge in [0.25, 0.3) is 5.91 Å². The molecule has 1 aromatic carbocycles. The molecule has 1 aliphatic carbocycles. The number of Topliss-reactive ketones (excluding diaryl/α,β-unsaturated/α-hetero) is 1. The quantitative estimate of drug-likeness (QED) is 0.412. The van der Waals surface area contributed by atoms with Gasteiger partial charge in [-0.25, -0.2) is 14.8 Å². The molecule has 2 aromatic rings. The van der Waals surface area contributed by atoms with Crippen molar-refractivity contribution in [3.63, 3.8) is 0 Å². The number of nitrogens with zero attached hydrogens (tertiary/aromatic N) is 4. The fraction of sp³-hybridized carbons (Fsp3) is 0.545. The first kappa shape index (κ1) is 33.5. The van der Waals surface area contributed by atoms with E-state index in [1.54, 1.807) is 38.7 Å². The summed E-state index contributed by atoms with van der Waals surface area (Å²) >= 11 is 0. The number of nitrogens with one attached hydrogen (secondary N) is 1. The molecule has 1 N–H and O–H groups in total. The van der Waals surface area contributed by atoms with E-state index in [9.17, 15) is 24.0 Å². The van der Waals surface area contributed by atoms with E-state index in [1.165, 1.54) is 4.90 Å². The lowest BCUT2D eigenvalue weighted by atomic mass is 9.86. The molecule has 1 aromatic heterocycles. The minimum Gasteiger partial charge on any atom is -0.460 e. The molecule has 1 atom stereocenters. The first-order valence-electron chi connectivity index (χ1n) is 15.6. The highest BCUT2D eigenvalue weighted by Gasteiger charge is 2.32. The Morgan fingerprint density at radius 3 is 2.24 bits per heavy atom. The number of hydrogen-bond acceptors (Lipinski definition) is 9. The molecular weight excluding hydrogens is 578 g/mol. The lowest BCUT2D eigenvalue weighted by Crippen LogP contribution is -2.56. The van der Waals surface area contributed by atoms with Gasteiger partial charge < -0.3 is 24.6 Å². The van der Waals surface area contributed by atoms with Gasteiger partial charge in [0.15, 0.2) is 5.82 Å². The van der Waals surface area contributed by atoms with E-state index in [1.807, 2.05) is 30.3 Å². The predicted molar refractivity (Wildman–Crippen MR) is 165 cm³/mol. The number of piperazine rings is 1. The summed E-state index contributed by atoms with van der Waals surface area (Å²) in [7, 11) is 0. The third-order valence-corrected chi connectivity index (χ3v) is 7.75. The Bertz CT molecular complexity index is 1370. The number of aromatic nitrogens is 2. The lowest BCUT2D eigenvalue weighted by Gasteiger charge is -2.36. The number of carbonyl (C=O) groups excluding carboxylic acids is 5. The van der Waals surface area contributed by atoms with Crippen LogP contribution in [0.3, 0.4) is 0 Å². The smallest absolute Gasteiger partial charge is 0.409 e. The molecule has 0 radical (unpaired) electrons. The van der Waals surface area contributed by atoms with Gasteiger partial charge in [0.1, 0.15) is 23.1 Å². The van der Waals surface area contributed by atoms with Gasteiger partial charge in [0.05, 0.1) is 6.61 Å². The average Bonchev–Trinajstić information content (AvgIpc) is 3.02. The van der Waals surface area contributed by atoms with Crippen LogP contribution >= 0.6 is 0 Å². The van der Waals surface area contributed by atoms with Crippen molar-refractivity contribution in [3.8, 4) is 11.4 Å². The maximum atomic E-state index is 13.8. The standard InChI is InChI=1S/C33H43N5O7/c1-5-44-32(43)38-19-17-37(18-20-38)31(42)25(15-16-28(40)45-33(2,3)4)36-30(41)27-21-26(22-11-13-24(39)14-12-22)34-29(35-27)23-9-7-6-8-10-23/h6-10,21-22,25H,5,11-20H2,1-4H3,(H,36,41). The molecule has 45 heavy (non-hydrogen) atoms. The summed E-state index contributed by atoms with van der Waals surface area (Å²) in [6, 6.07) is 9.90. The maximum absolute atomic E-state index is 13.8. The lowest BCUT2D eigenvalue weighted by molar-refractivity contribution is -0.155. The van der Waals surface area contributed by atoms with Gasteiger partial charge in [0, 0.05) is 62.6 Å². The number of ketones is 1. The largest absolute Gasteiger partial charge is 0.460 e. The van der Waals surface area contributed by atoms with Crippen LogP contribution in [0.25, 0.3) is 11.4 Å². The van der Waals surface area contributed by atoms with Crippen molar-refractivity contribution in [2.45, 2.75) is 83.8 Å². The van der Waals surface area contributed by atoms with Crippen molar-refractivity contribution in [1.82, 2.24) is 25.1 Å². The summed E-state index contributed by atoms with van der Waals surface area (Å²) in [5, 5.41) is 2.83. The highest BCUT2D eigenvalue weighted by molar-refractivity contribution is 5.96. The van der Waals surface area contributed by atoms with Crippen molar-refractivity contribution in [2.24, 2.45) is 0 Å². The zero-order valence-electron chi connectivity index (χ0n) is 26.5. The van der Waals surface area contributed by atoms with Gasteiger partial charge in [-0.1, -0.05) is 30.3 Å². The van der Waals surface area contributed by atoms with Crippen LogP contribution in [0, 0.1) is 0 Å². The Balaban J connectivity index is 1.56. The molecule has 1 aliphatic heterocycles. The van der Waals surface area contributed by atoms with Crippen molar-refractivity contribution in [1.29, 1.82) is 0 Å². The highest BCUT2D eigenvalue weighted by atomic mass is 16.6. The monoisotopic (exact) mass is 621 g/mol. The highest BCUT2D eigenvalue weighted by Crippen LogP contribution is 2.31. The summed E-state index contributed by atoms with van der Waals surface area (Å²) in [6.45, 7) is 8.36. The Morgan fingerprint density at radius 1 is 0.978 bits per heavy atom. The van der Waals surface area contributed by atoms with E-state index in [-0.39, 0.29) is 68.9 Å². The van der Waals surface area contributed by atoms with Gasteiger partial charge in [-0.05, 0) is 53.0 Å². The van der Waals surface area contributed by atoms with Crippen molar-refractivity contribution in [2.75, 3.05) is 32.8 Å². The van der Waals surface area contributed by atoms with Crippen LogP contribution in [0.1, 0.15) is 88.3 Å². The third-order valence-electron chi connectivity index (χ3n) is 7.75. The Hall–Kier alpha value is -4.35. The zero-order valence-corrected chi connectivity index (χ0v) is 26.5. The van der Waals surface area contributed by atoms with Crippen molar-refractivity contribution in [3.05, 3.63) is 47.8 Å². The molecule has 1 saturated heterocycles. The Morgan fingerprint density at radius 2 is 1.62 bits per heavy atom. The van der Waals surface area contributed by atoms with Crippen LogP contribution in [0.5, 0.6) is 0 Å². The number of rotatable bonds is 9. The molecule has 242 valence electrons. The van der Waals surface area contributed by atoms with E-state index in [4.69, 9.17) is 14.5 Å². The number of esters is 1. The number of ether oxygens (including phenoxy) is 2. The first-order chi connectivity index (χ1) is 21.4. The van der Waals surface area contributed by atoms with Gasteiger partial charge >= 0.3 is 12.1 Å². The van der Waals surface area contributed by atoms with E-state index in [0.717, 1.165) is 5.56 Å². The molecule has 0 bridgehead atoms. The third kappa shape index (κ3) is 9.57. The van der Waals surface area contributed by atoms with E-state index < -0.39 is 29.6 Å². The van der Waals surface area contributed by atoms with Crippen LogP contribution in [0.2, 0.25) is 0 Å². The molecule has 12 heteroatoms. The molecule has 4 rings (SSSR count). The molecule has 2 heterocycles. The summed E-state index contributed by atoms with van der Waals surface area (Å²) in [5.74, 6) is -0.823. The number of hydrogen-bond donors (Lipinski definition) is 1. The molecule has 1 saturated carbocycles. The summed E-state index contributed by atoms with van der Waals surface area (Å²) in [6.07, 6.45) is 1.70. The molecule has 2 fully saturated rings. The van der Waals surface area contributed by atoms with E-state index in [2.05, 4.69) is 10.3 Å². The van der Waals surface area contributed by atoms with E-state index in [0.29, 0.717) is 37.2 Å². The normalized spacial score (nSPS) is 16.6. The fourth-order valence-corrected chi connectivity index (χ4v) is 5.43. The maximum Gasteiger partial charge on any atom is 0.409 e. The van der Waals surface area contributed by atoms with Gasteiger partial charge in [-0.3, -0.25) is 19.2 Å². The van der Waals surface area contributed by atoms with Gasteiger partial charge in [-0.2, -0.15) is 0 Å². The molecule has 12 nitrogen and oxygen atoms in total. The topological polar surface area (TPSA) is 148 Å². The summed E-state index contributed by atoms with van der Waals surface area (Å²) in [5.41, 5.74) is 0.807. The van der Waals surface area contributed by atoms with Crippen molar-refractivity contribution < 1.29 is 33.4 Å². The van der Waals surface area contributed by atoms with Crippen LogP contribution in [-0.4, -0.2) is 93.9 Å². The summed E-state index contributed by atoms with van der Waals surface area (Å²) in [4.78, 5) is 76.6. The second-order valence-electron chi connectivity index (χ2n) is 12.3. The van der Waals surface area contributed by atoms with Crippen LogP contribution < -0.4 is 5.32 Å². The Labute approximate surface area is 263 Å². The SMILES string of the molecule is CCOC(=O)N1CCN(C(=O)C(CCC(=O)OC(C)(C)C)NC(=O)c2cc(C3CCC(=O)CC3)nc(-c3ccccc3)n2)CC1. The number of benzene rings is 1. The van der Waals surface area contributed by atoms with Crippen LogP contribution in [-0.2, 0) is 23.9 Å². The second kappa shape index (κ2) is 15.1. The average molecular weight is 622 g/mol. The fourth-order valence-electron chi connectivity index (χ4n) is 5.43. The van der Waals surface area contributed by atoms with E-state index >= 15 is 0 Å². The van der Waals surface area contributed by atoms with Gasteiger partial charge in [0.2, 0.25) is 5.91 Å². The Kier molecular flexibility index (Phi) is 11.2. The van der Waals surface area contributed by atoms with Gasteiger partial charge in [-0.15, -0.1) is 0 Å². The zero-order chi connectivity index (χ0) is 32.6. The minimum absolute atomic E-state index is 0.00000325. The molecule has 3 amide bonds. The van der Waals surface area contributed by atoms with Crippen LogP contribution in [0.4, 0.5) is 4.79 Å². The number of amides is 3. The predicted octanol–water partition coefficient (Wildman–Crippen LogP) is 3.89. The molecular formula is C33H43N5O7. The number of carbonyl (C=O) groups is 5. The van der Waals surface area contributed by atoms with Crippen LogP contribution in [0.15, 0.2) is 36.4 Å². The second-order valence-corrected chi connectivity index (χ2v) is 12.3. The molecule has 0 spiro atoms. The summed E-state index contributed by atoms with van der Waals surface area (Å²) < 4.78 is 10.5. The van der Waals surface area contributed by atoms with Crippen molar-refractivity contribution >= 4 is 29.7 Å². The molecule has 2 aliphatic rings. The molecule has 1 unspecified atom stereocenters. The first-order valence-corrected chi connectivity index (χ1v) is 15.6. The minimum atomic E-state index is -1.04.